The van der Waals surface area contributed by atoms with Gasteiger partial charge in [-0.05, 0) is 6.07 Å². The SMILES string of the molecule is [B][P@@]1(=O)OC[C@H]2O[C@@H](n3cnc4c(N)ncnc43)[C@H](F)[C@@H]2OP(=O)(O)OC[C@H]2O[C@@H](n3cnc4c(N)ccnc43)[C@H](O1)[C@@H]2F. The van der Waals surface area contributed by atoms with Crippen molar-refractivity contribution in [2.75, 3.05) is 24.7 Å². The van der Waals surface area contributed by atoms with E-state index in [9.17, 15) is 14.0 Å². The summed E-state index contributed by atoms with van der Waals surface area (Å²) in [5.41, 5.74) is 12.7. The van der Waals surface area contributed by atoms with Crippen LogP contribution >= 0.6 is 15.3 Å². The van der Waals surface area contributed by atoms with E-state index in [4.69, 9.17) is 46.6 Å². The minimum atomic E-state index is -5.12. The number of ether oxygens (including phenoxy) is 2. The molecule has 3 aliphatic heterocycles. The second-order valence-electron chi connectivity index (χ2n) is 10.1. The van der Waals surface area contributed by atoms with Gasteiger partial charge in [0.15, 0.2) is 41.9 Å². The molecule has 0 aliphatic carbocycles. The first-order chi connectivity index (χ1) is 20.9. The molecule has 0 spiro atoms. The molecule has 18 nitrogen and oxygen atoms in total. The lowest BCUT2D eigenvalue weighted by Crippen LogP contribution is -2.34. The van der Waals surface area contributed by atoms with Crippen molar-refractivity contribution in [3.05, 3.63) is 31.2 Å². The molecule has 7 rings (SSSR count). The molecular weight excluding hydrogens is 633 g/mol. The number of fused-ring (bicyclic) bond motifs is 5. The fraction of sp³-hybridized carbons (Fsp3) is 0.476. The molecule has 23 heteroatoms. The fourth-order valence-electron chi connectivity index (χ4n) is 5.27. The summed E-state index contributed by atoms with van der Waals surface area (Å²) in [6, 6.07) is 1.50. The van der Waals surface area contributed by atoms with E-state index in [1.807, 2.05) is 0 Å². The lowest BCUT2D eigenvalue weighted by Gasteiger charge is -2.27. The van der Waals surface area contributed by atoms with Crippen molar-refractivity contribution in [2.45, 2.75) is 49.2 Å². The third-order valence-corrected chi connectivity index (χ3v) is 9.33. The van der Waals surface area contributed by atoms with Gasteiger partial charge in [-0.1, -0.05) is 0 Å². The van der Waals surface area contributed by atoms with Gasteiger partial charge in [-0.25, -0.2) is 38.3 Å². The Hall–Kier alpha value is -3.13. The minimum Gasteiger partial charge on any atom is -0.397 e. The number of anilines is 2. The van der Waals surface area contributed by atoms with Gasteiger partial charge in [0.2, 0.25) is 7.57 Å². The first kappa shape index (κ1) is 29.6. The number of alkyl halides is 2. The topological polar surface area (TPSA) is 236 Å². The molecule has 2 radical (unpaired) electrons. The summed E-state index contributed by atoms with van der Waals surface area (Å²) in [5, 5.41) is 0. The first-order valence-corrected chi connectivity index (χ1v) is 16.0. The van der Waals surface area contributed by atoms with Crippen molar-refractivity contribution < 1.29 is 50.4 Å². The van der Waals surface area contributed by atoms with Gasteiger partial charge in [0.1, 0.15) is 41.8 Å². The average molecular weight is 655 g/mol. The van der Waals surface area contributed by atoms with Crippen molar-refractivity contribution in [3.63, 3.8) is 0 Å². The van der Waals surface area contributed by atoms with Crippen LogP contribution < -0.4 is 11.5 Å². The lowest BCUT2D eigenvalue weighted by atomic mass is 10.1. The molecule has 0 saturated carbocycles. The van der Waals surface area contributed by atoms with Gasteiger partial charge in [-0.2, -0.15) is 0 Å². The largest absolute Gasteiger partial charge is 0.472 e. The predicted octanol–water partition coefficient (Wildman–Crippen LogP) is 1.10. The molecule has 4 aromatic heterocycles. The average Bonchev–Trinajstić information content (AvgIpc) is 3.73. The van der Waals surface area contributed by atoms with Gasteiger partial charge in [0.05, 0.1) is 31.6 Å². The number of hydrogen-bond acceptors (Lipinski definition) is 15. The van der Waals surface area contributed by atoms with Gasteiger partial charge >= 0.3 is 7.82 Å². The monoisotopic (exact) mass is 655 g/mol. The normalized spacial score (nSPS) is 38.2. The highest BCUT2D eigenvalue weighted by Gasteiger charge is 2.54. The molecule has 0 aromatic carbocycles. The van der Waals surface area contributed by atoms with E-state index in [2.05, 4.69) is 24.9 Å². The highest BCUT2D eigenvalue weighted by Crippen LogP contribution is 2.54. The number of hydrogen-bond donors (Lipinski definition) is 3. The molecule has 7 heterocycles. The Bertz CT molecular complexity index is 1840. The first-order valence-electron chi connectivity index (χ1n) is 12.9. The number of phosphoric acid groups is 1. The van der Waals surface area contributed by atoms with E-state index >= 15 is 8.78 Å². The molecule has 3 saturated heterocycles. The minimum absolute atomic E-state index is 0.0167. The molecule has 3 fully saturated rings. The highest BCUT2D eigenvalue weighted by molar-refractivity contribution is 7.79. The van der Waals surface area contributed by atoms with Gasteiger partial charge in [-0.3, -0.25) is 22.7 Å². The quantitative estimate of drug-likeness (QED) is 0.202. The van der Waals surface area contributed by atoms with Crippen molar-refractivity contribution in [1.29, 1.82) is 0 Å². The fourth-order valence-corrected chi connectivity index (χ4v) is 7.20. The van der Waals surface area contributed by atoms with Gasteiger partial charge in [0.25, 0.3) is 7.47 Å². The van der Waals surface area contributed by atoms with Gasteiger partial charge in [0, 0.05) is 6.20 Å². The van der Waals surface area contributed by atoms with E-state index in [1.54, 1.807) is 0 Å². The third kappa shape index (κ3) is 5.07. The summed E-state index contributed by atoms with van der Waals surface area (Å²) in [5.74, 6) is 0.0167. The van der Waals surface area contributed by atoms with Crippen molar-refractivity contribution in [1.82, 2.24) is 34.1 Å². The Morgan fingerprint density at radius 1 is 0.864 bits per heavy atom. The number of pyridine rings is 1. The van der Waals surface area contributed by atoms with Crippen molar-refractivity contribution in [2.24, 2.45) is 0 Å². The molecule has 232 valence electrons. The van der Waals surface area contributed by atoms with E-state index in [0.29, 0.717) is 0 Å². The second kappa shape index (κ2) is 10.7. The maximum Gasteiger partial charge on any atom is 0.472 e. The maximum absolute atomic E-state index is 15.9. The van der Waals surface area contributed by atoms with Gasteiger partial charge < -0.3 is 34.9 Å². The van der Waals surface area contributed by atoms with Crippen LogP contribution in [0.5, 0.6) is 0 Å². The number of imidazole rings is 2. The van der Waals surface area contributed by atoms with E-state index < -0.39 is 77.7 Å². The number of halogens is 2. The number of nitrogens with two attached hydrogens (primary N) is 2. The third-order valence-electron chi connectivity index (χ3n) is 7.30. The molecule has 1 unspecified atom stereocenters. The summed E-state index contributed by atoms with van der Waals surface area (Å²) >= 11 is 0. The van der Waals surface area contributed by atoms with Crippen LogP contribution in [0, 0.1) is 0 Å². The van der Waals surface area contributed by atoms with Gasteiger partial charge in [-0.15, -0.1) is 0 Å². The Morgan fingerprint density at radius 2 is 1.55 bits per heavy atom. The number of nitrogen functional groups attached to an aromatic ring is 2. The zero-order valence-electron chi connectivity index (χ0n) is 22.1. The molecular formula is C21H22BF2N9O9P2. The van der Waals surface area contributed by atoms with Crippen LogP contribution in [0.15, 0.2) is 31.2 Å². The predicted molar refractivity (Wildman–Crippen MR) is 144 cm³/mol. The second-order valence-corrected chi connectivity index (χ2v) is 13.0. The van der Waals surface area contributed by atoms with Crippen LogP contribution in [-0.4, -0.2) is 96.5 Å². The summed E-state index contributed by atoms with van der Waals surface area (Å²) < 4.78 is 92.8. The molecule has 2 bridgehead atoms. The Morgan fingerprint density at radius 3 is 2.34 bits per heavy atom. The standard InChI is InChI=1S/C21H22BF2N9O9P2/c22-43(34)37-4-10-15(12(24)20(40-10)32-7-31-14-17(26)28-5-29-19(14)32)42-44(35,36)38-3-9-11(23)16(41-43)21(39-9)33-6-30-13-8(25)1-2-27-18(13)33/h1-2,5-7,9-12,15-16,20-21H,3-4H2,(H2,25,27)(H,35,36)(H2,26,28,29)/t9-,10-,11-,12-,15-,16-,20-,21-,43-/m1/s1. The Kier molecular flexibility index (Phi) is 7.23. The van der Waals surface area contributed by atoms with Crippen LogP contribution in [0.4, 0.5) is 20.3 Å². The smallest absolute Gasteiger partial charge is 0.397 e. The van der Waals surface area contributed by atoms with E-state index in [1.165, 1.54) is 34.1 Å². The molecule has 10 atom stereocenters. The maximum atomic E-state index is 15.9. The summed E-state index contributed by atoms with van der Waals surface area (Å²) in [6.45, 7) is -1.66. The summed E-state index contributed by atoms with van der Waals surface area (Å²) in [4.78, 5) is 30.8. The number of aromatic nitrogens is 7. The van der Waals surface area contributed by atoms with Crippen LogP contribution in [0.3, 0.4) is 0 Å². The van der Waals surface area contributed by atoms with E-state index in [-0.39, 0.29) is 33.8 Å². The number of rotatable bonds is 2. The molecule has 44 heavy (non-hydrogen) atoms. The number of phosphoric ester groups is 1. The molecule has 4 aromatic rings. The molecule has 5 N–H and O–H groups in total. The Labute approximate surface area is 246 Å². The van der Waals surface area contributed by atoms with Crippen LogP contribution in [0.1, 0.15) is 12.5 Å². The van der Waals surface area contributed by atoms with E-state index in [0.717, 1.165) is 6.33 Å². The number of nitrogens with zero attached hydrogens (tertiary/aromatic N) is 7. The summed E-state index contributed by atoms with van der Waals surface area (Å²) in [7, 11) is -3.93. The molecule has 3 aliphatic rings. The zero-order valence-corrected chi connectivity index (χ0v) is 23.9. The Balaban J connectivity index is 1.20. The van der Waals surface area contributed by atoms with Crippen molar-refractivity contribution in [3.8, 4) is 0 Å². The zero-order chi connectivity index (χ0) is 31.0. The highest BCUT2D eigenvalue weighted by atomic mass is 31.2. The summed E-state index contributed by atoms with van der Waals surface area (Å²) in [6.07, 6.45) is -8.94. The molecule has 0 amide bonds. The van der Waals surface area contributed by atoms with Crippen LogP contribution in [0.25, 0.3) is 22.3 Å². The van der Waals surface area contributed by atoms with Crippen LogP contribution in [0.2, 0.25) is 0 Å². The lowest BCUT2D eigenvalue weighted by molar-refractivity contribution is -0.0613. The van der Waals surface area contributed by atoms with Crippen molar-refractivity contribution >= 4 is 56.7 Å². The van der Waals surface area contributed by atoms with Crippen LogP contribution in [-0.2, 0) is 36.7 Å².